The van der Waals surface area contributed by atoms with Gasteiger partial charge in [0.2, 0.25) is 0 Å². The van der Waals surface area contributed by atoms with Gasteiger partial charge < -0.3 is 9.47 Å². The Hall–Kier alpha value is -1.84. The highest BCUT2D eigenvalue weighted by atomic mass is 16.5. The fraction of sp³-hybridized carbons (Fsp3) is 0.636. The molecule has 2 fully saturated rings. The Balaban J connectivity index is 1.41. The summed E-state index contributed by atoms with van der Waals surface area (Å²) in [6, 6.07) is 7.52. The highest BCUT2D eigenvalue weighted by Crippen LogP contribution is 2.32. The average Bonchev–Trinajstić information content (AvgIpc) is 2.64. The van der Waals surface area contributed by atoms with Crippen molar-refractivity contribution in [1.29, 1.82) is 0 Å². The lowest BCUT2D eigenvalue weighted by atomic mass is 9.83. The number of ether oxygens (including phenoxy) is 2. The van der Waals surface area contributed by atoms with Gasteiger partial charge in [0, 0.05) is 0 Å². The zero-order valence-electron chi connectivity index (χ0n) is 15.9. The smallest absolute Gasteiger partial charge is 0.314 e. The molecule has 1 aromatic rings. The molecule has 1 aromatic carbocycles. The van der Waals surface area contributed by atoms with E-state index in [-0.39, 0.29) is 29.9 Å². The number of hydrogen-bond donors (Lipinski definition) is 0. The van der Waals surface area contributed by atoms with Gasteiger partial charge in [-0.05, 0) is 76.3 Å². The first-order chi connectivity index (χ1) is 12.5. The van der Waals surface area contributed by atoms with Crippen LogP contribution in [0.4, 0.5) is 0 Å². The maximum Gasteiger partial charge on any atom is 0.314 e. The van der Waals surface area contributed by atoms with Crippen LogP contribution in [0.1, 0.15) is 63.9 Å². The molecular weight excluding hydrogens is 328 g/mol. The third kappa shape index (κ3) is 5.09. The lowest BCUT2D eigenvalue weighted by Gasteiger charge is -2.30. The molecule has 0 amide bonds. The number of hydrogen-bond acceptors (Lipinski definition) is 4. The average molecular weight is 358 g/mol. The maximum absolute atomic E-state index is 12.3. The van der Waals surface area contributed by atoms with Gasteiger partial charge >= 0.3 is 11.9 Å². The molecule has 0 radical (unpaired) electrons. The molecule has 0 heterocycles. The van der Waals surface area contributed by atoms with Crippen LogP contribution in [0.3, 0.4) is 0 Å². The zero-order valence-corrected chi connectivity index (χ0v) is 15.9. The Kier molecular flexibility index (Phi) is 6.33. The van der Waals surface area contributed by atoms with Crippen LogP contribution < -0.4 is 4.74 Å². The summed E-state index contributed by atoms with van der Waals surface area (Å²) >= 11 is 0. The summed E-state index contributed by atoms with van der Waals surface area (Å²) in [6.45, 7) is 4.25. The Labute approximate surface area is 156 Å². The zero-order chi connectivity index (χ0) is 18.5. The van der Waals surface area contributed by atoms with Crippen LogP contribution in [0.2, 0.25) is 0 Å². The van der Waals surface area contributed by atoms with Crippen LogP contribution in [0.5, 0.6) is 5.75 Å². The third-order valence-corrected chi connectivity index (χ3v) is 5.88. The molecule has 2 saturated carbocycles. The fourth-order valence-electron chi connectivity index (χ4n) is 3.98. The van der Waals surface area contributed by atoms with E-state index in [0.717, 1.165) is 62.8 Å². The Morgan fingerprint density at radius 1 is 0.808 bits per heavy atom. The normalized spacial score (nSPS) is 29.0. The van der Waals surface area contributed by atoms with Crippen molar-refractivity contribution in [2.24, 2.45) is 17.8 Å². The molecule has 0 aromatic heterocycles. The summed E-state index contributed by atoms with van der Waals surface area (Å²) in [5, 5.41) is 0. The van der Waals surface area contributed by atoms with Crippen molar-refractivity contribution in [3.63, 3.8) is 0 Å². The second kappa shape index (κ2) is 8.70. The molecule has 0 N–H and O–H groups in total. The third-order valence-electron chi connectivity index (χ3n) is 5.88. The fourth-order valence-corrected chi connectivity index (χ4v) is 3.98. The molecule has 0 bridgehead atoms. The number of esters is 2. The highest BCUT2D eigenvalue weighted by molar-refractivity contribution is 5.75. The summed E-state index contributed by atoms with van der Waals surface area (Å²) in [4.78, 5) is 24.7. The minimum atomic E-state index is -0.167. The van der Waals surface area contributed by atoms with Gasteiger partial charge in [-0.2, -0.15) is 0 Å². The maximum atomic E-state index is 12.3. The molecular formula is C22H30O4. The summed E-state index contributed by atoms with van der Waals surface area (Å²) < 4.78 is 11.2. The van der Waals surface area contributed by atoms with Crippen molar-refractivity contribution >= 4 is 11.9 Å². The van der Waals surface area contributed by atoms with E-state index in [4.69, 9.17) is 9.47 Å². The van der Waals surface area contributed by atoms with Gasteiger partial charge in [0.05, 0.1) is 11.8 Å². The van der Waals surface area contributed by atoms with Crippen molar-refractivity contribution in [2.75, 3.05) is 0 Å². The summed E-state index contributed by atoms with van der Waals surface area (Å²) in [5.41, 5.74) is 1.14. The molecule has 26 heavy (non-hydrogen) atoms. The molecule has 142 valence electrons. The summed E-state index contributed by atoms with van der Waals surface area (Å²) in [5.74, 6) is 1.12. The number of carbonyl (C=O) groups excluding carboxylic acids is 2. The van der Waals surface area contributed by atoms with E-state index in [1.165, 1.54) is 0 Å². The van der Waals surface area contributed by atoms with Crippen molar-refractivity contribution in [1.82, 2.24) is 0 Å². The Bertz CT molecular complexity index is 606. The molecule has 0 saturated heterocycles. The largest absolute Gasteiger partial charge is 0.462 e. The summed E-state index contributed by atoms with van der Waals surface area (Å²) in [7, 11) is 0. The number of carbonyl (C=O) groups is 2. The molecule has 4 nitrogen and oxygen atoms in total. The molecule has 4 heteroatoms. The van der Waals surface area contributed by atoms with Crippen LogP contribution in [0.25, 0.3) is 0 Å². The van der Waals surface area contributed by atoms with Crippen molar-refractivity contribution in [2.45, 2.75) is 71.3 Å². The Morgan fingerprint density at radius 3 is 1.96 bits per heavy atom. The van der Waals surface area contributed by atoms with E-state index < -0.39 is 0 Å². The van der Waals surface area contributed by atoms with Crippen molar-refractivity contribution in [3.05, 3.63) is 29.8 Å². The lowest BCUT2D eigenvalue weighted by Crippen LogP contribution is -2.32. The molecule has 0 atom stereocenters. The molecule has 0 spiro atoms. The second-order valence-electron chi connectivity index (χ2n) is 8.10. The van der Waals surface area contributed by atoms with Gasteiger partial charge in [0.25, 0.3) is 0 Å². The van der Waals surface area contributed by atoms with E-state index in [2.05, 4.69) is 6.92 Å². The van der Waals surface area contributed by atoms with Gasteiger partial charge in [-0.1, -0.05) is 24.6 Å². The van der Waals surface area contributed by atoms with E-state index in [1.54, 1.807) is 0 Å². The van der Waals surface area contributed by atoms with Gasteiger partial charge in [0.1, 0.15) is 11.9 Å². The molecule has 2 aliphatic carbocycles. The van der Waals surface area contributed by atoms with Gasteiger partial charge in [-0.15, -0.1) is 0 Å². The molecule has 0 aliphatic heterocycles. The minimum Gasteiger partial charge on any atom is -0.462 e. The van der Waals surface area contributed by atoms with E-state index in [9.17, 15) is 9.59 Å². The van der Waals surface area contributed by atoms with Crippen LogP contribution in [-0.2, 0) is 14.3 Å². The number of rotatable bonds is 4. The first-order valence-corrected chi connectivity index (χ1v) is 10.00. The number of aryl methyl sites for hydroxylation is 1. The summed E-state index contributed by atoms with van der Waals surface area (Å²) in [6.07, 6.45) is 7.08. The van der Waals surface area contributed by atoms with Crippen LogP contribution in [-0.4, -0.2) is 18.0 Å². The lowest BCUT2D eigenvalue weighted by molar-refractivity contribution is -0.158. The van der Waals surface area contributed by atoms with Gasteiger partial charge in [-0.3, -0.25) is 9.59 Å². The van der Waals surface area contributed by atoms with Crippen molar-refractivity contribution < 1.29 is 19.1 Å². The predicted molar refractivity (Wildman–Crippen MR) is 99.8 cm³/mol. The standard InChI is InChI=1S/C22H30O4/c1-15-3-7-17(8-4-15)21(23)26-20-13-9-18(10-14-20)22(24)25-19-11-5-16(2)6-12-19/h5-6,11-12,15,17-18,20H,3-4,7-10,13-14H2,1-2H3. The van der Waals surface area contributed by atoms with E-state index >= 15 is 0 Å². The van der Waals surface area contributed by atoms with Crippen molar-refractivity contribution in [3.8, 4) is 5.75 Å². The van der Waals surface area contributed by atoms with Gasteiger partial charge in [0.15, 0.2) is 0 Å². The quantitative estimate of drug-likeness (QED) is 0.571. The van der Waals surface area contributed by atoms with E-state index in [0.29, 0.717) is 5.75 Å². The van der Waals surface area contributed by atoms with E-state index in [1.807, 2.05) is 31.2 Å². The predicted octanol–water partition coefficient (Wildman–Crippen LogP) is 4.83. The second-order valence-corrected chi connectivity index (χ2v) is 8.10. The monoisotopic (exact) mass is 358 g/mol. The highest BCUT2D eigenvalue weighted by Gasteiger charge is 2.32. The van der Waals surface area contributed by atoms with Crippen LogP contribution >= 0.6 is 0 Å². The minimum absolute atomic E-state index is 0.0254. The van der Waals surface area contributed by atoms with Crippen LogP contribution in [0.15, 0.2) is 24.3 Å². The molecule has 0 unspecified atom stereocenters. The topological polar surface area (TPSA) is 52.6 Å². The number of benzene rings is 1. The molecule has 3 rings (SSSR count). The first-order valence-electron chi connectivity index (χ1n) is 10.00. The molecule has 2 aliphatic rings. The Morgan fingerprint density at radius 2 is 1.35 bits per heavy atom. The SMILES string of the molecule is Cc1ccc(OC(=O)C2CCC(OC(=O)C3CCC(C)CC3)CC2)cc1. The van der Waals surface area contributed by atoms with Crippen LogP contribution in [0, 0.1) is 24.7 Å². The first kappa shape index (κ1) is 18.9. The van der Waals surface area contributed by atoms with Gasteiger partial charge in [-0.25, -0.2) is 0 Å².